The van der Waals surface area contributed by atoms with E-state index in [4.69, 9.17) is 9.47 Å². The lowest BCUT2D eigenvalue weighted by atomic mass is 9.80. The van der Waals surface area contributed by atoms with E-state index in [0.29, 0.717) is 22.9 Å². The highest BCUT2D eigenvalue weighted by molar-refractivity contribution is 5.94. The van der Waals surface area contributed by atoms with Gasteiger partial charge in [-0.05, 0) is 28.5 Å². The highest BCUT2D eigenvalue weighted by Crippen LogP contribution is 2.48. The smallest absolute Gasteiger partial charge is 0.327 e. The van der Waals surface area contributed by atoms with Crippen LogP contribution in [-0.2, 0) is 0 Å². The number of H-pyrrole nitrogens is 2. The monoisotopic (exact) mass is 401 g/mol. The first kappa shape index (κ1) is 18.1. The van der Waals surface area contributed by atoms with Crippen molar-refractivity contribution >= 4 is 22.3 Å². The Hall–Kier alpha value is -4.00. The Bertz CT molecular complexity index is 1400. The van der Waals surface area contributed by atoms with Crippen molar-refractivity contribution in [2.24, 2.45) is 0 Å². The van der Waals surface area contributed by atoms with Gasteiger partial charge in [-0.1, -0.05) is 36.4 Å². The van der Waals surface area contributed by atoms with Crippen molar-refractivity contribution in [1.29, 1.82) is 0 Å². The molecule has 5 rings (SSSR count). The van der Waals surface area contributed by atoms with E-state index in [2.05, 4.69) is 15.3 Å². The van der Waals surface area contributed by atoms with Gasteiger partial charge in [0.25, 0.3) is 5.56 Å². The molecule has 7 heteroatoms. The van der Waals surface area contributed by atoms with Gasteiger partial charge in [0.05, 0.1) is 19.8 Å². The van der Waals surface area contributed by atoms with Crippen molar-refractivity contribution in [1.82, 2.24) is 9.97 Å². The third-order valence-electron chi connectivity index (χ3n) is 5.54. The molecule has 0 aliphatic carbocycles. The molecule has 30 heavy (non-hydrogen) atoms. The number of hydrogen-bond acceptors (Lipinski definition) is 5. The molecule has 0 radical (unpaired) electrons. The van der Waals surface area contributed by atoms with Crippen LogP contribution in [-0.4, -0.2) is 24.2 Å². The van der Waals surface area contributed by atoms with Gasteiger partial charge in [-0.2, -0.15) is 0 Å². The number of hydrogen-bond donors (Lipinski definition) is 3. The average Bonchev–Trinajstić information content (AvgIpc) is 2.76. The lowest BCUT2D eigenvalue weighted by Crippen LogP contribution is -2.32. The van der Waals surface area contributed by atoms with E-state index in [-0.39, 0.29) is 0 Å². The van der Waals surface area contributed by atoms with Gasteiger partial charge in [-0.3, -0.25) is 14.8 Å². The highest BCUT2D eigenvalue weighted by Gasteiger charge is 2.34. The van der Waals surface area contributed by atoms with Crippen molar-refractivity contribution in [3.63, 3.8) is 0 Å². The first-order valence-corrected chi connectivity index (χ1v) is 9.48. The molecule has 0 saturated carbocycles. The fourth-order valence-electron chi connectivity index (χ4n) is 4.23. The van der Waals surface area contributed by atoms with Crippen LogP contribution in [0.1, 0.15) is 22.6 Å². The van der Waals surface area contributed by atoms with Crippen LogP contribution in [0.4, 0.5) is 11.5 Å². The summed E-state index contributed by atoms with van der Waals surface area (Å²) in [5.41, 5.74) is 2.00. The SMILES string of the molecule is COc1ccc(C2c3c([nH]c(=O)[nH]c3=O)Nc3ccc4ccccc4c32)c(OC)c1. The predicted molar refractivity (Wildman–Crippen MR) is 115 cm³/mol. The van der Waals surface area contributed by atoms with E-state index < -0.39 is 17.2 Å². The minimum Gasteiger partial charge on any atom is -0.497 e. The summed E-state index contributed by atoms with van der Waals surface area (Å²) in [6, 6.07) is 17.5. The molecule has 0 fully saturated rings. The Kier molecular flexibility index (Phi) is 4.10. The van der Waals surface area contributed by atoms with Crippen LogP contribution in [0.2, 0.25) is 0 Å². The summed E-state index contributed by atoms with van der Waals surface area (Å²) in [7, 11) is 3.17. The summed E-state index contributed by atoms with van der Waals surface area (Å²) < 4.78 is 11.0. The van der Waals surface area contributed by atoms with E-state index in [1.807, 2.05) is 48.5 Å². The molecule has 2 heterocycles. The summed E-state index contributed by atoms with van der Waals surface area (Å²) in [5, 5.41) is 5.30. The van der Waals surface area contributed by atoms with E-state index in [0.717, 1.165) is 27.6 Å². The first-order valence-electron chi connectivity index (χ1n) is 9.48. The molecular formula is C23H19N3O4. The number of rotatable bonds is 3. The van der Waals surface area contributed by atoms with Crippen LogP contribution in [0.15, 0.2) is 64.2 Å². The molecule has 1 atom stereocenters. The van der Waals surface area contributed by atoms with Crippen LogP contribution in [0.25, 0.3) is 10.8 Å². The molecule has 0 spiro atoms. The van der Waals surface area contributed by atoms with Crippen molar-refractivity contribution in [2.45, 2.75) is 5.92 Å². The van der Waals surface area contributed by atoms with Gasteiger partial charge in [0.15, 0.2) is 0 Å². The zero-order valence-corrected chi connectivity index (χ0v) is 16.4. The molecule has 3 N–H and O–H groups in total. The molecule has 1 unspecified atom stereocenters. The van der Waals surface area contributed by atoms with Crippen LogP contribution < -0.4 is 26.0 Å². The molecular weight excluding hydrogens is 382 g/mol. The van der Waals surface area contributed by atoms with Crippen molar-refractivity contribution in [3.05, 3.63) is 92.1 Å². The van der Waals surface area contributed by atoms with Crippen LogP contribution in [0, 0.1) is 0 Å². The van der Waals surface area contributed by atoms with Gasteiger partial charge in [-0.25, -0.2) is 4.79 Å². The maximum absolute atomic E-state index is 13.0. The van der Waals surface area contributed by atoms with Crippen LogP contribution >= 0.6 is 0 Å². The molecule has 0 bridgehead atoms. The fraction of sp³-hybridized carbons (Fsp3) is 0.130. The number of aromatic amines is 2. The molecule has 3 aromatic carbocycles. The molecule has 0 saturated heterocycles. The molecule has 4 aromatic rings. The van der Waals surface area contributed by atoms with Gasteiger partial charge in [0.2, 0.25) is 0 Å². The Morgan fingerprint density at radius 1 is 0.867 bits per heavy atom. The lowest BCUT2D eigenvalue weighted by Gasteiger charge is -2.30. The summed E-state index contributed by atoms with van der Waals surface area (Å²) in [4.78, 5) is 30.0. The summed E-state index contributed by atoms with van der Waals surface area (Å²) >= 11 is 0. The van der Waals surface area contributed by atoms with Gasteiger partial charge < -0.3 is 14.8 Å². The van der Waals surface area contributed by atoms with Gasteiger partial charge >= 0.3 is 5.69 Å². The topological polar surface area (TPSA) is 96.2 Å². The number of ether oxygens (including phenoxy) is 2. The summed E-state index contributed by atoms with van der Waals surface area (Å²) in [6.45, 7) is 0. The third kappa shape index (κ3) is 2.67. The quantitative estimate of drug-likeness (QED) is 0.430. The summed E-state index contributed by atoms with van der Waals surface area (Å²) in [5.74, 6) is 1.17. The third-order valence-corrected chi connectivity index (χ3v) is 5.54. The Morgan fingerprint density at radius 2 is 1.70 bits per heavy atom. The first-order chi connectivity index (χ1) is 14.6. The number of fused-ring (bicyclic) bond motifs is 4. The van der Waals surface area contributed by atoms with Crippen LogP contribution in [0.3, 0.4) is 0 Å². The second-order valence-electron chi connectivity index (χ2n) is 7.11. The number of anilines is 2. The minimum absolute atomic E-state index is 0.384. The molecule has 150 valence electrons. The largest absolute Gasteiger partial charge is 0.497 e. The van der Waals surface area contributed by atoms with Crippen molar-refractivity contribution in [2.75, 3.05) is 19.5 Å². The molecule has 1 aromatic heterocycles. The Morgan fingerprint density at radius 3 is 2.50 bits per heavy atom. The summed E-state index contributed by atoms with van der Waals surface area (Å²) in [6.07, 6.45) is 0. The second-order valence-corrected chi connectivity index (χ2v) is 7.11. The van der Waals surface area contributed by atoms with Gasteiger partial charge in [-0.15, -0.1) is 0 Å². The molecule has 1 aliphatic heterocycles. The Balaban J connectivity index is 1.90. The normalized spacial score (nSPS) is 14.5. The zero-order chi connectivity index (χ0) is 20.8. The zero-order valence-electron chi connectivity index (χ0n) is 16.4. The second kappa shape index (κ2) is 6.81. The highest BCUT2D eigenvalue weighted by atomic mass is 16.5. The van der Waals surface area contributed by atoms with Crippen LogP contribution in [0.5, 0.6) is 11.5 Å². The number of methoxy groups -OCH3 is 2. The van der Waals surface area contributed by atoms with Crippen molar-refractivity contribution in [3.8, 4) is 11.5 Å². The van der Waals surface area contributed by atoms with Crippen molar-refractivity contribution < 1.29 is 9.47 Å². The maximum Gasteiger partial charge on any atom is 0.327 e. The number of benzene rings is 3. The molecule has 0 amide bonds. The number of nitrogens with one attached hydrogen (secondary N) is 3. The minimum atomic E-state index is -0.559. The standard InChI is InChI=1S/C23H19N3O4/c1-29-13-8-9-15(17(11-13)30-2)19-18-14-6-4-3-5-12(14)7-10-16(18)24-21-20(19)22(27)26-23(28)25-21/h3-11,19H,1-2H3,(H3,24,25,26,27,28). The number of aromatic nitrogens is 2. The van der Waals surface area contributed by atoms with Gasteiger partial charge in [0.1, 0.15) is 17.3 Å². The lowest BCUT2D eigenvalue weighted by molar-refractivity contribution is 0.390. The Labute approximate surface area is 171 Å². The van der Waals surface area contributed by atoms with E-state index in [1.54, 1.807) is 20.3 Å². The van der Waals surface area contributed by atoms with E-state index in [9.17, 15) is 9.59 Å². The van der Waals surface area contributed by atoms with Gasteiger partial charge in [0, 0.05) is 23.2 Å². The van der Waals surface area contributed by atoms with E-state index >= 15 is 0 Å². The van der Waals surface area contributed by atoms with E-state index in [1.165, 1.54) is 0 Å². The molecule has 7 nitrogen and oxygen atoms in total. The molecule has 1 aliphatic rings. The average molecular weight is 401 g/mol. The fourth-order valence-corrected chi connectivity index (χ4v) is 4.23. The maximum atomic E-state index is 13.0. The predicted octanol–water partition coefficient (Wildman–Crippen LogP) is 3.47.